The Morgan fingerprint density at radius 2 is 2.31 bits per heavy atom. The van der Waals surface area contributed by atoms with Gasteiger partial charge in [-0.2, -0.15) is 0 Å². The molecule has 1 atom stereocenters. The van der Waals surface area contributed by atoms with E-state index >= 15 is 0 Å². The second kappa shape index (κ2) is 4.38. The molecule has 0 bridgehead atoms. The molecule has 2 aliphatic rings. The maximum absolute atomic E-state index is 3.56. The van der Waals surface area contributed by atoms with Crippen LogP contribution in [0, 0.1) is 0 Å². The number of anilines is 1. The zero-order chi connectivity index (χ0) is 11.0. The number of hydrogen-bond acceptors (Lipinski definition) is 2. The lowest BCUT2D eigenvalue weighted by molar-refractivity contribution is 0.591. The highest BCUT2D eigenvalue weighted by atomic mass is 79.9. The lowest BCUT2D eigenvalue weighted by Crippen LogP contribution is -2.40. The highest BCUT2D eigenvalue weighted by Crippen LogP contribution is 2.32. The summed E-state index contributed by atoms with van der Waals surface area (Å²) in [6, 6.07) is 7.43. The summed E-state index contributed by atoms with van der Waals surface area (Å²) in [5.74, 6) is 0. The lowest BCUT2D eigenvalue weighted by Gasteiger charge is -2.36. The Morgan fingerprint density at radius 3 is 3.12 bits per heavy atom. The summed E-state index contributed by atoms with van der Waals surface area (Å²) in [4.78, 5) is 2.60. The van der Waals surface area contributed by atoms with E-state index in [-0.39, 0.29) is 0 Å². The topological polar surface area (TPSA) is 15.3 Å². The number of fused-ring (bicyclic) bond motifs is 1. The van der Waals surface area contributed by atoms with Crippen LogP contribution in [0.4, 0.5) is 5.69 Å². The molecule has 16 heavy (non-hydrogen) atoms. The SMILES string of the molecule is Brc1ccc2c(c1)CCCN2[C@H]1CCNC1. The summed E-state index contributed by atoms with van der Waals surface area (Å²) in [6.45, 7) is 3.55. The molecule has 1 aromatic carbocycles. The summed E-state index contributed by atoms with van der Waals surface area (Å²) in [7, 11) is 0. The molecular weight excluding hydrogens is 264 g/mol. The fourth-order valence-corrected chi connectivity index (χ4v) is 3.29. The van der Waals surface area contributed by atoms with E-state index in [0.717, 1.165) is 6.54 Å². The predicted molar refractivity (Wildman–Crippen MR) is 71.1 cm³/mol. The monoisotopic (exact) mass is 280 g/mol. The average Bonchev–Trinajstić information content (AvgIpc) is 2.81. The third-order valence-electron chi connectivity index (χ3n) is 3.67. The van der Waals surface area contributed by atoms with Gasteiger partial charge in [0.1, 0.15) is 0 Å². The Bertz CT molecular complexity index is 386. The van der Waals surface area contributed by atoms with Crippen LogP contribution in [-0.4, -0.2) is 25.7 Å². The van der Waals surface area contributed by atoms with Gasteiger partial charge in [0.15, 0.2) is 0 Å². The van der Waals surface area contributed by atoms with E-state index in [9.17, 15) is 0 Å². The number of nitrogens with zero attached hydrogens (tertiary/aromatic N) is 1. The van der Waals surface area contributed by atoms with Gasteiger partial charge >= 0.3 is 0 Å². The highest BCUT2D eigenvalue weighted by molar-refractivity contribution is 9.10. The largest absolute Gasteiger partial charge is 0.367 e. The number of hydrogen-bond donors (Lipinski definition) is 1. The van der Waals surface area contributed by atoms with Crippen LogP contribution >= 0.6 is 15.9 Å². The molecule has 0 aromatic heterocycles. The minimum Gasteiger partial charge on any atom is -0.367 e. The highest BCUT2D eigenvalue weighted by Gasteiger charge is 2.26. The first kappa shape index (κ1) is 10.6. The van der Waals surface area contributed by atoms with E-state index in [2.05, 4.69) is 44.3 Å². The van der Waals surface area contributed by atoms with E-state index in [1.165, 1.54) is 48.1 Å². The molecule has 3 heteroatoms. The van der Waals surface area contributed by atoms with Gasteiger partial charge in [-0.1, -0.05) is 15.9 Å². The van der Waals surface area contributed by atoms with Gasteiger partial charge in [-0.05, 0) is 49.6 Å². The third kappa shape index (κ3) is 1.87. The molecule has 0 radical (unpaired) electrons. The molecule has 0 aliphatic carbocycles. The number of benzene rings is 1. The minimum atomic E-state index is 0.709. The van der Waals surface area contributed by atoms with Crippen molar-refractivity contribution in [3.63, 3.8) is 0 Å². The molecule has 0 amide bonds. The zero-order valence-corrected chi connectivity index (χ0v) is 11.0. The molecule has 0 unspecified atom stereocenters. The van der Waals surface area contributed by atoms with Crippen molar-refractivity contribution in [2.45, 2.75) is 25.3 Å². The van der Waals surface area contributed by atoms with Gasteiger partial charge in [0.05, 0.1) is 0 Å². The van der Waals surface area contributed by atoms with Gasteiger partial charge in [0, 0.05) is 29.3 Å². The summed E-state index contributed by atoms with van der Waals surface area (Å²) in [6.07, 6.45) is 3.81. The zero-order valence-electron chi connectivity index (χ0n) is 9.38. The van der Waals surface area contributed by atoms with Crippen molar-refractivity contribution in [3.8, 4) is 0 Å². The summed E-state index contributed by atoms with van der Waals surface area (Å²) in [5.41, 5.74) is 2.97. The normalized spacial score (nSPS) is 24.6. The van der Waals surface area contributed by atoms with Crippen molar-refractivity contribution < 1.29 is 0 Å². The van der Waals surface area contributed by atoms with E-state index < -0.39 is 0 Å². The molecule has 1 fully saturated rings. The summed E-state index contributed by atoms with van der Waals surface area (Å²) >= 11 is 3.56. The quantitative estimate of drug-likeness (QED) is 0.851. The molecule has 0 saturated carbocycles. The van der Waals surface area contributed by atoms with Gasteiger partial charge in [-0.25, -0.2) is 0 Å². The molecule has 1 N–H and O–H groups in total. The Morgan fingerprint density at radius 1 is 1.38 bits per heavy atom. The van der Waals surface area contributed by atoms with Gasteiger partial charge in [0.25, 0.3) is 0 Å². The first-order valence-corrected chi connectivity index (χ1v) is 6.90. The lowest BCUT2D eigenvalue weighted by atomic mass is 10.00. The van der Waals surface area contributed by atoms with Gasteiger partial charge in [-0.3, -0.25) is 0 Å². The second-order valence-corrected chi connectivity index (χ2v) is 5.63. The molecule has 0 spiro atoms. The summed E-state index contributed by atoms with van der Waals surface area (Å²) in [5, 5.41) is 3.46. The van der Waals surface area contributed by atoms with Crippen molar-refractivity contribution >= 4 is 21.6 Å². The molecule has 2 heterocycles. The number of aryl methyl sites for hydroxylation is 1. The van der Waals surface area contributed by atoms with E-state index in [4.69, 9.17) is 0 Å². The Kier molecular flexibility index (Phi) is 2.90. The van der Waals surface area contributed by atoms with Crippen LogP contribution in [0.1, 0.15) is 18.4 Å². The number of halogens is 1. The van der Waals surface area contributed by atoms with Crippen LogP contribution in [0.2, 0.25) is 0 Å². The van der Waals surface area contributed by atoms with E-state index in [0.29, 0.717) is 6.04 Å². The van der Waals surface area contributed by atoms with E-state index in [1.807, 2.05) is 0 Å². The van der Waals surface area contributed by atoms with Gasteiger partial charge in [-0.15, -0.1) is 0 Å². The molecule has 1 aromatic rings. The molecular formula is C13H17BrN2. The minimum absolute atomic E-state index is 0.709. The second-order valence-electron chi connectivity index (χ2n) is 4.72. The van der Waals surface area contributed by atoms with Crippen LogP contribution in [-0.2, 0) is 6.42 Å². The van der Waals surface area contributed by atoms with Crippen LogP contribution in [0.25, 0.3) is 0 Å². The summed E-state index contributed by atoms with van der Waals surface area (Å²) < 4.78 is 1.21. The fourth-order valence-electron chi connectivity index (χ4n) is 2.88. The van der Waals surface area contributed by atoms with Gasteiger partial charge < -0.3 is 10.2 Å². The van der Waals surface area contributed by atoms with Crippen molar-refractivity contribution in [2.24, 2.45) is 0 Å². The van der Waals surface area contributed by atoms with E-state index in [1.54, 1.807) is 0 Å². The molecule has 2 aliphatic heterocycles. The van der Waals surface area contributed by atoms with Crippen molar-refractivity contribution in [1.29, 1.82) is 0 Å². The average molecular weight is 281 g/mol. The van der Waals surface area contributed by atoms with Crippen LogP contribution < -0.4 is 10.2 Å². The van der Waals surface area contributed by atoms with Gasteiger partial charge in [0.2, 0.25) is 0 Å². The van der Waals surface area contributed by atoms with Crippen molar-refractivity contribution in [1.82, 2.24) is 5.32 Å². The first-order valence-electron chi connectivity index (χ1n) is 6.10. The van der Waals surface area contributed by atoms with Crippen molar-refractivity contribution in [2.75, 3.05) is 24.5 Å². The fraction of sp³-hybridized carbons (Fsp3) is 0.538. The third-order valence-corrected chi connectivity index (χ3v) is 4.16. The Hall–Kier alpha value is -0.540. The molecule has 3 rings (SSSR count). The standard InChI is InChI=1S/C13H17BrN2/c14-11-3-4-13-10(8-11)2-1-7-16(13)12-5-6-15-9-12/h3-4,8,12,15H,1-2,5-7,9H2/t12-/m0/s1. The Balaban J connectivity index is 1.93. The van der Waals surface area contributed by atoms with Crippen molar-refractivity contribution in [3.05, 3.63) is 28.2 Å². The maximum atomic E-state index is 3.56. The first-order chi connectivity index (χ1) is 7.84. The Labute approximate surface area is 105 Å². The number of rotatable bonds is 1. The molecule has 86 valence electrons. The molecule has 1 saturated heterocycles. The van der Waals surface area contributed by atoms with Crippen LogP contribution in [0.5, 0.6) is 0 Å². The predicted octanol–water partition coefficient (Wildman–Crippen LogP) is 2.56. The molecule has 2 nitrogen and oxygen atoms in total. The van der Waals surface area contributed by atoms with Crippen LogP contribution in [0.15, 0.2) is 22.7 Å². The smallest absolute Gasteiger partial charge is 0.0426 e. The maximum Gasteiger partial charge on any atom is 0.0426 e. The van der Waals surface area contributed by atoms with Crippen LogP contribution in [0.3, 0.4) is 0 Å². The number of nitrogens with one attached hydrogen (secondary N) is 1.